The lowest BCUT2D eigenvalue weighted by atomic mass is 9.85. The summed E-state index contributed by atoms with van der Waals surface area (Å²) >= 11 is 0. The first-order valence-corrected chi connectivity index (χ1v) is 6.82. The van der Waals surface area contributed by atoms with Crippen LogP contribution in [0.2, 0.25) is 0 Å². The topological polar surface area (TPSA) is 35.2 Å². The van der Waals surface area contributed by atoms with Crippen molar-refractivity contribution in [2.24, 2.45) is 5.73 Å². The van der Waals surface area contributed by atoms with Gasteiger partial charge in [-0.25, -0.2) is 0 Å². The van der Waals surface area contributed by atoms with Crippen molar-refractivity contribution in [3.8, 4) is 5.75 Å². The van der Waals surface area contributed by atoms with Gasteiger partial charge in [0.1, 0.15) is 5.75 Å². The predicted octanol–water partition coefficient (Wildman–Crippen LogP) is 4.18. The van der Waals surface area contributed by atoms with Crippen molar-refractivity contribution in [2.75, 3.05) is 0 Å². The number of hydrogen-bond acceptors (Lipinski definition) is 2. The Kier molecular flexibility index (Phi) is 4.80. The van der Waals surface area contributed by atoms with Crippen molar-refractivity contribution in [1.82, 2.24) is 0 Å². The molecule has 0 radical (unpaired) electrons. The zero-order chi connectivity index (χ0) is 13.9. The van der Waals surface area contributed by atoms with Crippen LogP contribution in [0.4, 0.5) is 0 Å². The quantitative estimate of drug-likeness (QED) is 0.868. The van der Waals surface area contributed by atoms with Crippen LogP contribution in [0.5, 0.6) is 5.75 Å². The van der Waals surface area contributed by atoms with Crippen LogP contribution in [0.1, 0.15) is 65.1 Å². The van der Waals surface area contributed by atoms with Gasteiger partial charge in [-0.1, -0.05) is 39.8 Å². The van der Waals surface area contributed by atoms with Crippen LogP contribution < -0.4 is 10.5 Å². The van der Waals surface area contributed by atoms with Crippen LogP contribution in [-0.2, 0) is 5.41 Å². The van der Waals surface area contributed by atoms with E-state index in [2.05, 4.69) is 45.9 Å². The number of nitrogens with two attached hydrogens (primary N) is 1. The summed E-state index contributed by atoms with van der Waals surface area (Å²) in [4.78, 5) is 0. The Labute approximate surface area is 112 Å². The van der Waals surface area contributed by atoms with E-state index in [4.69, 9.17) is 10.5 Å². The molecule has 0 fully saturated rings. The third kappa shape index (κ3) is 3.74. The van der Waals surface area contributed by atoms with Crippen molar-refractivity contribution in [3.05, 3.63) is 29.3 Å². The van der Waals surface area contributed by atoms with E-state index >= 15 is 0 Å². The van der Waals surface area contributed by atoms with Crippen LogP contribution in [0.15, 0.2) is 18.2 Å². The van der Waals surface area contributed by atoms with E-state index in [-0.39, 0.29) is 17.6 Å². The minimum Gasteiger partial charge on any atom is -0.491 e. The lowest BCUT2D eigenvalue weighted by Crippen LogP contribution is -2.17. The summed E-state index contributed by atoms with van der Waals surface area (Å²) < 4.78 is 5.86. The third-order valence-electron chi connectivity index (χ3n) is 3.08. The van der Waals surface area contributed by atoms with Crippen LogP contribution in [-0.4, -0.2) is 6.10 Å². The second kappa shape index (κ2) is 5.75. The molecule has 0 aromatic heterocycles. The molecular weight excluding hydrogens is 222 g/mol. The van der Waals surface area contributed by atoms with Gasteiger partial charge in [-0.2, -0.15) is 0 Å². The van der Waals surface area contributed by atoms with Crippen LogP contribution in [0.25, 0.3) is 0 Å². The summed E-state index contributed by atoms with van der Waals surface area (Å²) in [5, 5.41) is 0. The molecule has 0 aliphatic heterocycles. The Morgan fingerprint density at radius 1 is 1.22 bits per heavy atom. The average molecular weight is 249 g/mol. The highest BCUT2D eigenvalue weighted by Crippen LogP contribution is 2.32. The van der Waals surface area contributed by atoms with Crippen LogP contribution >= 0.6 is 0 Å². The molecule has 2 nitrogen and oxygen atoms in total. The van der Waals surface area contributed by atoms with Gasteiger partial charge in [-0.05, 0) is 37.3 Å². The number of ether oxygens (including phenoxy) is 1. The maximum absolute atomic E-state index is 6.20. The Bertz CT molecular complexity index is 391. The Balaban J connectivity index is 3.20. The molecule has 0 saturated heterocycles. The Hall–Kier alpha value is -1.02. The number of rotatable bonds is 4. The van der Waals surface area contributed by atoms with E-state index in [1.165, 1.54) is 5.56 Å². The van der Waals surface area contributed by atoms with Gasteiger partial charge in [0.25, 0.3) is 0 Å². The molecule has 1 aromatic carbocycles. The first kappa shape index (κ1) is 15.0. The van der Waals surface area contributed by atoms with Crippen molar-refractivity contribution in [2.45, 2.75) is 65.5 Å². The van der Waals surface area contributed by atoms with E-state index in [1.54, 1.807) is 0 Å². The Morgan fingerprint density at radius 3 is 2.28 bits per heavy atom. The summed E-state index contributed by atoms with van der Waals surface area (Å²) in [6.07, 6.45) is 1.09. The average Bonchev–Trinajstić information content (AvgIpc) is 2.26. The monoisotopic (exact) mass is 249 g/mol. The van der Waals surface area contributed by atoms with Crippen molar-refractivity contribution < 1.29 is 4.74 Å². The minimum absolute atomic E-state index is 0.0426. The molecule has 102 valence electrons. The van der Waals surface area contributed by atoms with E-state index in [0.29, 0.717) is 0 Å². The van der Waals surface area contributed by atoms with Gasteiger partial charge >= 0.3 is 0 Å². The number of hydrogen-bond donors (Lipinski definition) is 1. The smallest absolute Gasteiger partial charge is 0.124 e. The van der Waals surface area contributed by atoms with Gasteiger partial charge in [0.2, 0.25) is 0 Å². The fourth-order valence-corrected chi connectivity index (χ4v) is 1.89. The molecule has 1 rings (SSSR count). The molecular formula is C16H27NO. The van der Waals surface area contributed by atoms with E-state index in [1.807, 2.05) is 13.8 Å². The van der Waals surface area contributed by atoms with Gasteiger partial charge < -0.3 is 10.5 Å². The highest BCUT2D eigenvalue weighted by molar-refractivity contribution is 5.41. The highest BCUT2D eigenvalue weighted by Gasteiger charge is 2.18. The fraction of sp³-hybridized carbons (Fsp3) is 0.625. The molecule has 18 heavy (non-hydrogen) atoms. The lowest BCUT2D eigenvalue weighted by molar-refractivity contribution is 0.238. The highest BCUT2D eigenvalue weighted by atomic mass is 16.5. The van der Waals surface area contributed by atoms with Crippen molar-refractivity contribution in [3.63, 3.8) is 0 Å². The fourth-order valence-electron chi connectivity index (χ4n) is 1.89. The predicted molar refractivity (Wildman–Crippen MR) is 78.1 cm³/mol. The summed E-state index contributed by atoms with van der Waals surface area (Å²) in [5.74, 6) is 0.923. The second-order valence-corrected chi connectivity index (χ2v) is 6.18. The standard InChI is InChI=1S/C16H27NO/c1-7-14(17)13-10-12(16(4,5)6)8-9-15(13)18-11(2)3/h8-11,14H,7,17H2,1-6H3. The van der Waals surface area contributed by atoms with Crippen LogP contribution in [0, 0.1) is 0 Å². The molecule has 0 saturated carbocycles. The third-order valence-corrected chi connectivity index (χ3v) is 3.08. The maximum Gasteiger partial charge on any atom is 0.124 e. The van der Waals surface area contributed by atoms with E-state index in [0.717, 1.165) is 17.7 Å². The van der Waals surface area contributed by atoms with Crippen molar-refractivity contribution in [1.29, 1.82) is 0 Å². The normalized spacial score (nSPS) is 13.8. The number of benzene rings is 1. The first-order valence-electron chi connectivity index (χ1n) is 6.82. The molecule has 0 spiro atoms. The van der Waals surface area contributed by atoms with E-state index < -0.39 is 0 Å². The molecule has 0 aliphatic rings. The van der Waals surface area contributed by atoms with Crippen molar-refractivity contribution >= 4 is 0 Å². The largest absolute Gasteiger partial charge is 0.491 e. The van der Waals surface area contributed by atoms with Gasteiger partial charge in [0.15, 0.2) is 0 Å². The zero-order valence-corrected chi connectivity index (χ0v) is 12.6. The first-order chi connectivity index (χ1) is 8.25. The molecule has 1 unspecified atom stereocenters. The summed E-state index contributed by atoms with van der Waals surface area (Å²) in [6, 6.07) is 6.45. The summed E-state index contributed by atoms with van der Waals surface area (Å²) in [6.45, 7) is 12.8. The second-order valence-electron chi connectivity index (χ2n) is 6.18. The van der Waals surface area contributed by atoms with E-state index in [9.17, 15) is 0 Å². The molecule has 0 amide bonds. The molecule has 0 aliphatic carbocycles. The molecule has 2 N–H and O–H groups in total. The zero-order valence-electron chi connectivity index (χ0n) is 12.6. The minimum atomic E-state index is 0.0426. The Morgan fingerprint density at radius 2 is 1.83 bits per heavy atom. The molecule has 1 atom stereocenters. The molecule has 0 bridgehead atoms. The molecule has 2 heteroatoms. The molecule has 1 aromatic rings. The summed E-state index contributed by atoms with van der Waals surface area (Å²) in [5.41, 5.74) is 8.77. The summed E-state index contributed by atoms with van der Waals surface area (Å²) in [7, 11) is 0. The van der Waals surface area contributed by atoms with Gasteiger partial charge in [0, 0.05) is 11.6 Å². The maximum atomic E-state index is 6.20. The van der Waals surface area contributed by atoms with Crippen LogP contribution in [0.3, 0.4) is 0 Å². The van der Waals surface area contributed by atoms with Gasteiger partial charge in [0.05, 0.1) is 6.10 Å². The van der Waals surface area contributed by atoms with Gasteiger partial charge in [-0.3, -0.25) is 0 Å². The lowest BCUT2D eigenvalue weighted by Gasteiger charge is -2.24. The van der Waals surface area contributed by atoms with Gasteiger partial charge in [-0.15, -0.1) is 0 Å². The molecule has 0 heterocycles. The SMILES string of the molecule is CCC(N)c1cc(C(C)(C)C)ccc1OC(C)C.